The summed E-state index contributed by atoms with van der Waals surface area (Å²) in [4.78, 5) is 8.87. The maximum absolute atomic E-state index is 8.69. The summed E-state index contributed by atoms with van der Waals surface area (Å²) < 4.78 is 0. The van der Waals surface area contributed by atoms with Crippen LogP contribution in [0.3, 0.4) is 0 Å². The van der Waals surface area contributed by atoms with Crippen molar-refractivity contribution >= 4 is 11.7 Å². The number of likely N-dealkylation sites (N-methyl/N-ethyl adjacent to an activating group) is 1. The van der Waals surface area contributed by atoms with E-state index in [-0.39, 0.29) is 5.84 Å². The highest BCUT2D eigenvalue weighted by molar-refractivity contribution is 5.97. The summed E-state index contributed by atoms with van der Waals surface area (Å²) in [6, 6.07) is 3.56. The summed E-state index contributed by atoms with van der Waals surface area (Å²) in [7, 11) is 2.01. The number of likely N-dealkylation sites (tertiary alicyclic amines) is 1. The van der Waals surface area contributed by atoms with Gasteiger partial charge in [-0.3, -0.25) is 0 Å². The highest BCUT2D eigenvalue weighted by atomic mass is 16.4. The largest absolute Gasteiger partial charge is 0.409 e. The van der Waals surface area contributed by atoms with Gasteiger partial charge in [0.25, 0.3) is 0 Å². The van der Waals surface area contributed by atoms with Crippen LogP contribution in [-0.2, 0) is 0 Å². The van der Waals surface area contributed by atoms with Crippen LogP contribution in [0.15, 0.2) is 23.5 Å². The van der Waals surface area contributed by atoms with E-state index in [1.165, 1.54) is 25.9 Å². The second kappa shape index (κ2) is 6.38. The van der Waals surface area contributed by atoms with Crippen molar-refractivity contribution in [2.75, 3.05) is 38.1 Å². The zero-order chi connectivity index (χ0) is 13.7. The van der Waals surface area contributed by atoms with Crippen LogP contribution in [0.4, 0.5) is 5.82 Å². The molecular weight excluding hydrogens is 242 g/mol. The average molecular weight is 263 g/mol. The maximum atomic E-state index is 8.69. The Hall–Kier alpha value is -1.82. The minimum absolute atomic E-state index is 0.108. The molecule has 2 heterocycles. The molecule has 1 aromatic rings. The number of amidine groups is 1. The minimum atomic E-state index is 0.108. The first-order valence-corrected chi connectivity index (χ1v) is 6.58. The van der Waals surface area contributed by atoms with Crippen LogP contribution in [0, 0.1) is 0 Å². The number of nitrogens with zero attached hydrogens (tertiary/aromatic N) is 4. The molecule has 0 atom stereocenters. The molecule has 0 saturated carbocycles. The summed E-state index contributed by atoms with van der Waals surface area (Å²) in [6.07, 6.45) is 4.29. The molecule has 1 fully saturated rings. The fourth-order valence-corrected chi connectivity index (χ4v) is 2.26. The van der Waals surface area contributed by atoms with Gasteiger partial charge >= 0.3 is 0 Å². The van der Waals surface area contributed by atoms with Gasteiger partial charge in [0.15, 0.2) is 5.84 Å². The lowest BCUT2D eigenvalue weighted by molar-refractivity contribution is 0.318. The maximum Gasteiger partial charge on any atom is 0.170 e. The van der Waals surface area contributed by atoms with Crippen LogP contribution in [0.1, 0.15) is 18.4 Å². The summed E-state index contributed by atoms with van der Waals surface area (Å²) in [5.41, 5.74) is 6.26. The molecule has 6 nitrogen and oxygen atoms in total. The van der Waals surface area contributed by atoms with E-state index >= 15 is 0 Å². The Bertz CT molecular complexity index is 442. The Kier molecular flexibility index (Phi) is 4.57. The fraction of sp³-hybridized carbons (Fsp3) is 0.538. The van der Waals surface area contributed by atoms with Gasteiger partial charge in [-0.1, -0.05) is 5.16 Å². The molecule has 0 aliphatic carbocycles. The van der Waals surface area contributed by atoms with Crippen molar-refractivity contribution in [2.24, 2.45) is 10.9 Å². The lowest BCUT2D eigenvalue weighted by Crippen LogP contribution is -2.31. The molecule has 6 heteroatoms. The zero-order valence-corrected chi connectivity index (χ0v) is 11.3. The van der Waals surface area contributed by atoms with Gasteiger partial charge in [0.2, 0.25) is 0 Å². The van der Waals surface area contributed by atoms with Crippen LogP contribution in [0.2, 0.25) is 0 Å². The summed E-state index contributed by atoms with van der Waals surface area (Å²) in [5.74, 6) is 0.944. The molecule has 0 aromatic carbocycles. The third kappa shape index (κ3) is 3.57. The first kappa shape index (κ1) is 13.6. The highest BCUT2D eigenvalue weighted by Gasteiger charge is 2.12. The summed E-state index contributed by atoms with van der Waals surface area (Å²) >= 11 is 0. The Labute approximate surface area is 113 Å². The molecule has 1 aromatic heterocycles. The average Bonchev–Trinajstić information content (AvgIpc) is 2.97. The first-order chi connectivity index (χ1) is 9.20. The molecule has 1 aliphatic heterocycles. The second-order valence-corrected chi connectivity index (χ2v) is 4.86. The molecule has 0 radical (unpaired) electrons. The molecule has 104 valence electrons. The van der Waals surface area contributed by atoms with Gasteiger partial charge in [0, 0.05) is 31.9 Å². The molecule has 1 saturated heterocycles. The van der Waals surface area contributed by atoms with Crippen LogP contribution in [0.25, 0.3) is 0 Å². The third-order valence-electron chi connectivity index (χ3n) is 3.49. The lowest BCUT2D eigenvalue weighted by Gasteiger charge is -2.22. The summed E-state index contributed by atoms with van der Waals surface area (Å²) in [5, 5.41) is 11.7. The van der Waals surface area contributed by atoms with Crippen LogP contribution in [0.5, 0.6) is 0 Å². The summed E-state index contributed by atoms with van der Waals surface area (Å²) in [6.45, 7) is 4.37. The van der Waals surface area contributed by atoms with Gasteiger partial charge < -0.3 is 20.7 Å². The van der Waals surface area contributed by atoms with E-state index in [1.807, 2.05) is 13.1 Å². The molecule has 0 bridgehead atoms. The van der Waals surface area contributed by atoms with Crippen molar-refractivity contribution in [3.63, 3.8) is 0 Å². The van der Waals surface area contributed by atoms with Crippen molar-refractivity contribution in [3.05, 3.63) is 23.9 Å². The SMILES string of the molecule is CN(CCN1CCCC1)c1cc(C(N)=NO)ccn1. The van der Waals surface area contributed by atoms with E-state index < -0.39 is 0 Å². The van der Waals surface area contributed by atoms with E-state index in [9.17, 15) is 0 Å². The van der Waals surface area contributed by atoms with Crippen LogP contribution in [-0.4, -0.2) is 54.2 Å². The number of aromatic nitrogens is 1. The Morgan fingerprint density at radius 1 is 1.53 bits per heavy atom. The molecule has 0 unspecified atom stereocenters. The molecule has 0 amide bonds. The van der Waals surface area contributed by atoms with E-state index in [2.05, 4.69) is 19.9 Å². The quantitative estimate of drug-likeness (QED) is 0.354. The minimum Gasteiger partial charge on any atom is -0.409 e. The standard InChI is InChI=1S/C13H21N5O/c1-17(8-9-18-6-2-3-7-18)12-10-11(4-5-15-12)13(14)16-19/h4-5,10,19H,2-3,6-9H2,1H3,(H2,14,16). The van der Waals surface area contributed by atoms with Gasteiger partial charge in [-0.25, -0.2) is 4.98 Å². The van der Waals surface area contributed by atoms with Crippen molar-refractivity contribution in [1.29, 1.82) is 0 Å². The van der Waals surface area contributed by atoms with Crippen LogP contribution >= 0.6 is 0 Å². The predicted octanol–water partition coefficient (Wildman–Crippen LogP) is 0.708. The van der Waals surface area contributed by atoms with Gasteiger partial charge in [-0.15, -0.1) is 0 Å². The van der Waals surface area contributed by atoms with Crippen molar-refractivity contribution in [2.45, 2.75) is 12.8 Å². The molecule has 0 spiro atoms. The van der Waals surface area contributed by atoms with Crippen LogP contribution < -0.4 is 10.6 Å². The number of nitrogens with two attached hydrogens (primary N) is 1. The van der Waals surface area contributed by atoms with Gasteiger partial charge in [-0.2, -0.15) is 0 Å². The highest BCUT2D eigenvalue weighted by Crippen LogP contribution is 2.12. The fourth-order valence-electron chi connectivity index (χ4n) is 2.26. The van der Waals surface area contributed by atoms with Crippen molar-refractivity contribution in [3.8, 4) is 0 Å². The van der Waals surface area contributed by atoms with E-state index in [0.717, 1.165) is 18.9 Å². The Morgan fingerprint density at radius 3 is 2.95 bits per heavy atom. The Morgan fingerprint density at radius 2 is 2.26 bits per heavy atom. The zero-order valence-electron chi connectivity index (χ0n) is 11.3. The van der Waals surface area contributed by atoms with E-state index in [0.29, 0.717) is 5.56 Å². The van der Waals surface area contributed by atoms with Crippen molar-refractivity contribution < 1.29 is 5.21 Å². The molecule has 3 N–H and O–H groups in total. The van der Waals surface area contributed by atoms with Gasteiger partial charge in [-0.05, 0) is 38.1 Å². The second-order valence-electron chi connectivity index (χ2n) is 4.86. The molecule has 1 aliphatic rings. The number of hydrogen-bond acceptors (Lipinski definition) is 5. The number of pyridine rings is 1. The number of hydrogen-bond donors (Lipinski definition) is 2. The van der Waals surface area contributed by atoms with Crippen molar-refractivity contribution in [1.82, 2.24) is 9.88 Å². The van der Waals surface area contributed by atoms with E-state index in [4.69, 9.17) is 10.9 Å². The number of oxime groups is 1. The van der Waals surface area contributed by atoms with Gasteiger partial charge in [0.05, 0.1) is 0 Å². The van der Waals surface area contributed by atoms with Gasteiger partial charge in [0.1, 0.15) is 5.82 Å². The predicted molar refractivity (Wildman–Crippen MR) is 75.7 cm³/mol. The first-order valence-electron chi connectivity index (χ1n) is 6.58. The monoisotopic (exact) mass is 263 g/mol. The van der Waals surface area contributed by atoms with E-state index in [1.54, 1.807) is 12.3 Å². The molecule has 19 heavy (non-hydrogen) atoms. The Balaban J connectivity index is 1.96. The molecule has 2 rings (SSSR count). The topological polar surface area (TPSA) is 78.0 Å². The normalized spacial score (nSPS) is 16.8. The molecular formula is C13H21N5O. The number of rotatable bonds is 5. The third-order valence-corrected chi connectivity index (χ3v) is 3.49. The smallest absolute Gasteiger partial charge is 0.170 e. The number of anilines is 1. The lowest BCUT2D eigenvalue weighted by atomic mass is 10.2.